The molecule has 0 aliphatic rings. The van der Waals surface area contributed by atoms with Gasteiger partial charge in [0.2, 0.25) is 0 Å². The minimum Gasteiger partial charge on any atom is -0.322 e. The highest BCUT2D eigenvalue weighted by Gasteiger charge is 2.38. The van der Waals surface area contributed by atoms with Crippen LogP contribution in [0, 0.1) is 32.1 Å². The molecule has 0 unspecified atom stereocenters. The molecular weight excluding hydrogens is 1440 g/mol. The number of nitriles is 1. The van der Waals surface area contributed by atoms with Crippen molar-refractivity contribution in [3.05, 3.63) is 330 Å². The fraction of sp³-hybridized carbons (Fsp3) is 0.0706. The van der Waals surface area contributed by atoms with E-state index in [9.17, 15) is 59.2 Å². The van der Waals surface area contributed by atoms with Crippen molar-refractivity contribution in [1.29, 1.82) is 5.26 Å². The molecule has 16 aromatic rings. The number of imidazole rings is 3. The van der Waals surface area contributed by atoms with Crippen molar-refractivity contribution in [2.45, 2.75) is 39.3 Å². The standard InChI is InChI=1S/C31H21F3N4O.C28H18F3N5O.C26H18F3N5O/c1-19-8-11-21(12-9-19)37-30(39)25-17-20(10-13-26(25)31(32,33)34)22-6-4-16-38-28(22)18-36-29(38)24-14-15-35-27-7-3-2-5-23(24)27;1-17-6-9-20(10-7-17)35-27(37)22-14-18(8-11-23(22)28(29,30)31)21-5-3-13-36-24(21)16-34-26(36)25-19(15-32)4-2-12-33-25;1-16-6-9-18(10-7-16)32-25(35)20-14-17(8-11-21(20)26(27,28)29)19-4-3-13-34-23(19)15-30-24(34)22-5-2-12-31-33-22/h2-18H,1H3,(H,37,39);2-14,16H,1H3,(H,35,37);2-15H,1H3,(H,32,35). The van der Waals surface area contributed by atoms with Crippen molar-refractivity contribution in [3.63, 3.8) is 0 Å². The van der Waals surface area contributed by atoms with E-state index in [0.29, 0.717) is 101 Å². The molecule has 17 nitrogen and oxygen atoms in total. The lowest BCUT2D eigenvalue weighted by Crippen LogP contribution is -2.19. The van der Waals surface area contributed by atoms with Crippen LogP contribution in [0.1, 0.15) is 70.0 Å². The minimum absolute atomic E-state index is 0.338. The molecule has 7 aromatic carbocycles. The molecule has 26 heteroatoms. The van der Waals surface area contributed by atoms with E-state index in [1.165, 1.54) is 36.4 Å². The number of fused-ring (bicyclic) bond motifs is 4. The molecule has 0 saturated heterocycles. The molecule has 9 heterocycles. The maximum Gasteiger partial charge on any atom is 0.417 e. The molecule has 0 bridgehead atoms. The van der Waals surface area contributed by atoms with Gasteiger partial charge in [-0.05, 0) is 165 Å². The zero-order valence-electron chi connectivity index (χ0n) is 58.5. The number of carbonyl (C=O) groups is 3. The third kappa shape index (κ3) is 15.6. The Hall–Kier alpha value is -14.5. The summed E-state index contributed by atoms with van der Waals surface area (Å²) >= 11 is 0. The largest absolute Gasteiger partial charge is 0.417 e. The fourth-order valence-electron chi connectivity index (χ4n) is 12.7. The number of halogens is 9. The predicted molar refractivity (Wildman–Crippen MR) is 404 cm³/mol. The molecule has 0 radical (unpaired) electrons. The van der Waals surface area contributed by atoms with Gasteiger partial charge < -0.3 is 16.0 Å². The quantitative estimate of drug-likeness (QED) is 0.0978. The van der Waals surface area contributed by atoms with Gasteiger partial charge in [0.1, 0.15) is 23.3 Å². The van der Waals surface area contributed by atoms with Crippen LogP contribution < -0.4 is 16.0 Å². The second-order valence-electron chi connectivity index (χ2n) is 25.5. The van der Waals surface area contributed by atoms with Crippen molar-refractivity contribution < 1.29 is 53.9 Å². The highest BCUT2D eigenvalue weighted by Crippen LogP contribution is 2.41. The van der Waals surface area contributed by atoms with Crippen molar-refractivity contribution in [2.75, 3.05) is 16.0 Å². The number of rotatable bonds is 12. The van der Waals surface area contributed by atoms with E-state index in [1.54, 1.807) is 192 Å². The monoisotopic (exact) mass is 1490 g/mol. The van der Waals surface area contributed by atoms with Crippen LogP contribution in [-0.4, -0.2) is 66.0 Å². The lowest BCUT2D eigenvalue weighted by molar-refractivity contribution is -0.138. The normalized spacial score (nSPS) is 11.5. The minimum atomic E-state index is -4.72. The lowest BCUT2D eigenvalue weighted by atomic mass is 9.98. The van der Waals surface area contributed by atoms with Crippen LogP contribution in [0.3, 0.4) is 0 Å². The third-order valence-electron chi connectivity index (χ3n) is 18.1. The summed E-state index contributed by atoms with van der Waals surface area (Å²) in [4.78, 5) is 61.3. The molecule has 0 spiro atoms. The number of hydrogen-bond acceptors (Lipinski definition) is 11. The van der Waals surface area contributed by atoms with E-state index in [0.717, 1.165) is 51.4 Å². The SMILES string of the molecule is Cc1ccc(NC(=O)c2cc(-c3cccn4c(-c5cccnn5)ncc34)ccc2C(F)(F)F)cc1.Cc1ccc(NC(=O)c2cc(-c3cccn4c(-c5ccnc6ccccc56)ncc34)ccc2C(F)(F)F)cc1.Cc1ccc(NC(=O)c2cc(-c3cccn4c(-c5ncccc5C#N)ncc34)ccc2C(F)(F)F)cc1. The topological polar surface area (TPSA) is 215 Å². The summed E-state index contributed by atoms with van der Waals surface area (Å²) in [7, 11) is 0. The maximum atomic E-state index is 13.9. The van der Waals surface area contributed by atoms with Crippen molar-refractivity contribution in [1.82, 2.24) is 48.3 Å². The summed E-state index contributed by atoms with van der Waals surface area (Å²) < 4.78 is 130. The van der Waals surface area contributed by atoms with Crippen LogP contribution in [0.2, 0.25) is 0 Å². The van der Waals surface area contributed by atoms with Crippen LogP contribution in [0.25, 0.3) is 95.3 Å². The van der Waals surface area contributed by atoms with E-state index in [1.807, 2.05) is 61.7 Å². The number of aromatic nitrogens is 10. The van der Waals surface area contributed by atoms with E-state index >= 15 is 0 Å². The Morgan fingerprint density at radius 1 is 0.387 bits per heavy atom. The number of carbonyl (C=O) groups excluding carboxylic acids is 3. The molecule has 0 fully saturated rings. The van der Waals surface area contributed by atoms with E-state index in [4.69, 9.17) is 0 Å². The van der Waals surface area contributed by atoms with E-state index in [2.05, 4.69) is 57.1 Å². The molecule has 548 valence electrons. The Labute approximate surface area is 625 Å². The maximum absolute atomic E-state index is 13.9. The number of aryl methyl sites for hydroxylation is 3. The van der Waals surface area contributed by atoms with Gasteiger partial charge in [0.15, 0.2) is 11.6 Å². The van der Waals surface area contributed by atoms with Gasteiger partial charge in [0, 0.05) is 81.9 Å². The number of amides is 3. The van der Waals surface area contributed by atoms with Crippen LogP contribution in [-0.2, 0) is 18.5 Å². The Bertz CT molecular complexity index is 6260. The predicted octanol–water partition coefficient (Wildman–Crippen LogP) is 20.3. The van der Waals surface area contributed by atoms with Gasteiger partial charge in [0.05, 0.1) is 79.6 Å². The van der Waals surface area contributed by atoms with E-state index in [-0.39, 0.29) is 0 Å². The molecule has 0 atom stereocenters. The smallest absolute Gasteiger partial charge is 0.322 e. The first kappa shape index (κ1) is 73.4. The van der Waals surface area contributed by atoms with Crippen LogP contribution in [0.5, 0.6) is 0 Å². The summed E-state index contributed by atoms with van der Waals surface area (Å²) in [6.45, 7) is 5.63. The number of para-hydroxylation sites is 1. The average Bonchev–Trinajstić information content (AvgIpc) is 1.69. The molecule has 9 aromatic heterocycles. The lowest BCUT2D eigenvalue weighted by Gasteiger charge is -2.15. The highest BCUT2D eigenvalue weighted by molar-refractivity contribution is 6.08. The molecule has 16 rings (SSSR count). The van der Waals surface area contributed by atoms with Gasteiger partial charge in [0.25, 0.3) is 17.7 Å². The first-order valence-electron chi connectivity index (χ1n) is 34.0. The summed E-state index contributed by atoms with van der Waals surface area (Å²) in [6, 6.07) is 60.2. The number of anilines is 3. The zero-order chi connectivity index (χ0) is 77.9. The summed E-state index contributed by atoms with van der Waals surface area (Å²) in [5, 5.41) is 26.1. The Kier molecular flexibility index (Phi) is 20.1. The van der Waals surface area contributed by atoms with Gasteiger partial charge in [-0.15, -0.1) is 5.10 Å². The fourth-order valence-corrected chi connectivity index (χ4v) is 12.7. The van der Waals surface area contributed by atoms with Crippen LogP contribution >= 0.6 is 0 Å². The van der Waals surface area contributed by atoms with Crippen LogP contribution in [0.15, 0.2) is 274 Å². The first-order chi connectivity index (χ1) is 53.4. The third-order valence-corrected chi connectivity index (χ3v) is 18.1. The molecule has 111 heavy (non-hydrogen) atoms. The summed E-state index contributed by atoms with van der Waals surface area (Å²) in [5.41, 5.74) is 7.69. The molecular formula is C85H57F9N14O3. The number of nitrogens with zero attached hydrogens (tertiary/aromatic N) is 11. The zero-order valence-corrected chi connectivity index (χ0v) is 58.5. The van der Waals surface area contributed by atoms with E-state index < -0.39 is 69.6 Å². The number of pyridine rings is 5. The van der Waals surface area contributed by atoms with Gasteiger partial charge in [-0.3, -0.25) is 37.6 Å². The van der Waals surface area contributed by atoms with Crippen LogP contribution in [0.4, 0.5) is 56.6 Å². The Morgan fingerprint density at radius 2 is 0.793 bits per heavy atom. The molecule has 0 aliphatic carbocycles. The second-order valence-corrected chi connectivity index (χ2v) is 25.5. The van der Waals surface area contributed by atoms with Gasteiger partial charge in [-0.25, -0.2) is 15.0 Å². The number of alkyl halides is 9. The van der Waals surface area contributed by atoms with Crippen molar-refractivity contribution >= 4 is 62.2 Å². The Balaban J connectivity index is 0.000000139. The van der Waals surface area contributed by atoms with Gasteiger partial charge in [-0.2, -0.15) is 49.9 Å². The average molecular weight is 1490 g/mol. The van der Waals surface area contributed by atoms with Crippen molar-refractivity contribution in [2.24, 2.45) is 0 Å². The van der Waals surface area contributed by atoms with Gasteiger partial charge in [-0.1, -0.05) is 108 Å². The summed E-state index contributed by atoms with van der Waals surface area (Å²) in [5.74, 6) is -0.917. The first-order valence-corrected chi connectivity index (χ1v) is 34.0. The second kappa shape index (κ2) is 30.4. The number of benzene rings is 7. The van der Waals surface area contributed by atoms with Crippen molar-refractivity contribution in [3.8, 4) is 73.9 Å². The Morgan fingerprint density at radius 3 is 1.22 bits per heavy atom. The molecule has 3 N–H and O–H groups in total. The number of nitrogens with one attached hydrogen (secondary N) is 3. The highest BCUT2D eigenvalue weighted by atomic mass is 19.4. The number of hydrogen-bond donors (Lipinski definition) is 3. The molecule has 0 saturated carbocycles. The molecule has 3 amide bonds. The molecule has 0 aliphatic heterocycles. The van der Waals surface area contributed by atoms with Gasteiger partial charge >= 0.3 is 18.5 Å². The summed E-state index contributed by atoms with van der Waals surface area (Å²) in [6.07, 6.45) is 0.931.